The van der Waals surface area contributed by atoms with Crippen LogP contribution in [0, 0.1) is 10.1 Å². The van der Waals surface area contributed by atoms with E-state index in [9.17, 15) is 10.1 Å². The Hall–Kier alpha value is -1.69. The third kappa shape index (κ3) is 2.95. The Morgan fingerprint density at radius 3 is 3.11 bits per heavy atom. The molecule has 0 amide bonds. The third-order valence-electron chi connectivity index (χ3n) is 3.26. The predicted octanol–water partition coefficient (Wildman–Crippen LogP) is 1.57. The van der Waals surface area contributed by atoms with Gasteiger partial charge in [0.1, 0.15) is 11.9 Å². The fourth-order valence-electron chi connectivity index (χ4n) is 2.34. The molecule has 0 aromatic carbocycles. The van der Waals surface area contributed by atoms with E-state index in [0.29, 0.717) is 11.7 Å². The minimum atomic E-state index is -0.430. The molecule has 1 aromatic rings. The first kappa shape index (κ1) is 12.8. The number of hydrogen-bond acceptors (Lipinski definition) is 5. The van der Waals surface area contributed by atoms with Gasteiger partial charge in [-0.05, 0) is 41.4 Å². The zero-order chi connectivity index (χ0) is 13.0. The first-order chi connectivity index (χ1) is 8.68. The summed E-state index contributed by atoms with van der Waals surface area (Å²) in [6.45, 7) is 1.81. The Labute approximate surface area is 106 Å². The summed E-state index contributed by atoms with van der Waals surface area (Å²) in [4.78, 5) is 16.2. The maximum Gasteiger partial charge on any atom is 0.387 e. The third-order valence-corrected chi connectivity index (χ3v) is 3.26. The van der Waals surface area contributed by atoms with Crippen molar-refractivity contribution in [3.63, 3.8) is 0 Å². The van der Waals surface area contributed by atoms with E-state index in [4.69, 9.17) is 0 Å². The summed E-state index contributed by atoms with van der Waals surface area (Å²) in [7, 11) is 1.88. The van der Waals surface area contributed by atoms with Crippen molar-refractivity contribution in [2.24, 2.45) is 0 Å². The molecule has 0 spiro atoms. The lowest BCUT2D eigenvalue weighted by molar-refractivity contribution is -0.388. The highest BCUT2D eigenvalue weighted by Crippen LogP contribution is 2.24. The number of rotatable bonds is 4. The SMILES string of the molecule is CN(CC1CCCCN1)c1cccnc1[N+](=O)[O-]. The number of anilines is 1. The molecule has 1 aliphatic heterocycles. The monoisotopic (exact) mass is 250 g/mol. The van der Waals surface area contributed by atoms with Gasteiger partial charge in [0.05, 0.1) is 0 Å². The molecule has 0 saturated carbocycles. The van der Waals surface area contributed by atoms with E-state index in [2.05, 4.69) is 10.3 Å². The van der Waals surface area contributed by atoms with Crippen molar-refractivity contribution in [1.82, 2.24) is 10.3 Å². The molecule has 6 heteroatoms. The van der Waals surface area contributed by atoms with Crippen LogP contribution in [0.4, 0.5) is 11.5 Å². The number of nitrogens with one attached hydrogen (secondary N) is 1. The quantitative estimate of drug-likeness (QED) is 0.648. The first-order valence-electron chi connectivity index (χ1n) is 6.22. The molecule has 1 aromatic heterocycles. The number of pyridine rings is 1. The summed E-state index contributed by atoms with van der Waals surface area (Å²) in [6.07, 6.45) is 5.01. The highest BCUT2D eigenvalue weighted by Gasteiger charge is 2.21. The van der Waals surface area contributed by atoms with Crippen LogP contribution in [0.1, 0.15) is 19.3 Å². The lowest BCUT2D eigenvalue weighted by atomic mass is 10.0. The van der Waals surface area contributed by atoms with E-state index in [1.54, 1.807) is 12.1 Å². The first-order valence-corrected chi connectivity index (χ1v) is 6.22. The molecule has 6 nitrogen and oxygen atoms in total. The highest BCUT2D eigenvalue weighted by atomic mass is 16.6. The molecular formula is C12H18N4O2. The van der Waals surface area contributed by atoms with E-state index < -0.39 is 4.92 Å². The summed E-state index contributed by atoms with van der Waals surface area (Å²) in [5.74, 6) is -0.0733. The van der Waals surface area contributed by atoms with Crippen LogP contribution >= 0.6 is 0 Å². The van der Waals surface area contributed by atoms with Crippen LogP contribution in [0.25, 0.3) is 0 Å². The molecule has 1 saturated heterocycles. The van der Waals surface area contributed by atoms with Gasteiger partial charge in [0.2, 0.25) is 0 Å². The molecular weight excluding hydrogens is 232 g/mol. The van der Waals surface area contributed by atoms with Crippen LogP contribution in [0.3, 0.4) is 0 Å². The minimum Gasteiger partial charge on any atom is -0.366 e. The standard InChI is InChI=1S/C12H18N4O2/c1-15(9-10-5-2-3-7-13-10)11-6-4-8-14-12(11)16(17)18/h4,6,8,10,13H,2-3,5,7,9H2,1H3. The molecule has 1 fully saturated rings. The van der Waals surface area contributed by atoms with Crippen molar-refractivity contribution in [3.05, 3.63) is 28.4 Å². The summed E-state index contributed by atoms with van der Waals surface area (Å²) in [6, 6.07) is 3.88. The van der Waals surface area contributed by atoms with E-state index in [0.717, 1.165) is 19.5 Å². The molecule has 1 aliphatic rings. The zero-order valence-corrected chi connectivity index (χ0v) is 10.5. The van der Waals surface area contributed by atoms with E-state index in [-0.39, 0.29) is 5.82 Å². The highest BCUT2D eigenvalue weighted by molar-refractivity contribution is 5.58. The zero-order valence-electron chi connectivity index (χ0n) is 10.5. The molecule has 0 bridgehead atoms. The van der Waals surface area contributed by atoms with Gasteiger partial charge in [-0.3, -0.25) is 0 Å². The van der Waals surface area contributed by atoms with Gasteiger partial charge in [0, 0.05) is 19.6 Å². The maximum atomic E-state index is 10.9. The van der Waals surface area contributed by atoms with Crippen LogP contribution in [-0.4, -0.2) is 36.1 Å². The van der Waals surface area contributed by atoms with Crippen molar-refractivity contribution in [1.29, 1.82) is 0 Å². The average Bonchev–Trinajstić information content (AvgIpc) is 2.40. The molecule has 2 heterocycles. The molecule has 18 heavy (non-hydrogen) atoms. The van der Waals surface area contributed by atoms with Gasteiger partial charge in [0.15, 0.2) is 0 Å². The summed E-state index contributed by atoms with van der Waals surface area (Å²) in [5.41, 5.74) is 0.579. The molecule has 1 unspecified atom stereocenters. The summed E-state index contributed by atoms with van der Waals surface area (Å²) < 4.78 is 0. The van der Waals surface area contributed by atoms with Crippen molar-refractivity contribution in [3.8, 4) is 0 Å². The molecule has 0 aliphatic carbocycles. The normalized spacial score (nSPS) is 19.5. The number of piperidine rings is 1. The Bertz CT molecular complexity index is 418. The van der Waals surface area contributed by atoms with Crippen LogP contribution in [0.15, 0.2) is 18.3 Å². The van der Waals surface area contributed by atoms with Crippen LogP contribution in [-0.2, 0) is 0 Å². The number of nitrogens with zero attached hydrogens (tertiary/aromatic N) is 3. The second kappa shape index (κ2) is 5.77. The average molecular weight is 250 g/mol. The largest absolute Gasteiger partial charge is 0.387 e. The van der Waals surface area contributed by atoms with Crippen LogP contribution < -0.4 is 10.2 Å². The van der Waals surface area contributed by atoms with Crippen molar-refractivity contribution in [2.75, 3.05) is 25.0 Å². The van der Waals surface area contributed by atoms with Gasteiger partial charge >= 0.3 is 5.82 Å². The Balaban J connectivity index is 2.08. The smallest absolute Gasteiger partial charge is 0.366 e. The number of likely N-dealkylation sites (N-methyl/N-ethyl adjacent to an activating group) is 1. The molecule has 2 rings (SSSR count). The Kier molecular flexibility index (Phi) is 4.09. The maximum absolute atomic E-state index is 10.9. The Morgan fingerprint density at radius 2 is 2.44 bits per heavy atom. The van der Waals surface area contributed by atoms with Gasteiger partial charge in [-0.2, -0.15) is 0 Å². The number of hydrogen-bond donors (Lipinski definition) is 1. The van der Waals surface area contributed by atoms with E-state index in [1.807, 2.05) is 11.9 Å². The topological polar surface area (TPSA) is 71.3 Å². The van der Waals surface area contributed by atoms with Gasteiger partial charge < -0.3 is 20.3 Å². The van der Waals surface area contributed by atoms with Gasteiger partial charge in [-0.15, -0.1) is 0 Å². The fourth-order valence-corrected chi connectivity index (χ4v) is 2.34. The minimum absolute atomic E-state index is 0.0733. The molecule has 98 valence electrons. The van der Waals surface area contributed by atoms with Gasteiger partial charge in [-0.25, -0.2) is 0 Å². The van der Waals surface area contributed by atoms with Crippen molar-refractivity contribution >= 4 is 11.5 Å². The van der Waals surface area contributed by atoms with E-state index in [1.165, 1.54) is 19.0 Å². The second-order valence-corrected chi connectivity index (χ2v) is 4.63. The molecule has 1 N–H and O–H groups in total. The number of nitro groups is 1. The number of aromatic nitrogens is 1. The molecule has 0 radical (unpaired) electrons. The lowest BCUT2D eigenvalue weighted by Crippen LogP contribution is -2.42. The predicted molar refractivity (Wildman–Crippen MR) is 69.8 cm³/mol. The second-order valence-electron chi connectivity index (χ2n) is 4.63. The Morgan fingerprint density at radius 1 is 1.61 bits per heavy atom. The fraction of sp³-hybridized carbons (Fsp3) is 0.583. The van der Waals surface area contributed by atoms with Gasteiger partial charge in [0.25, 0.3) is 0 Å². The van der Waals surface area contributed by atoms with Crippen LogP contribution in [0.2, 0.25) is 0 Å². The molecule has 1 atom stereocenters. The van der Waals surface area contributed by atoms with Crippen molar-refractivity contribution < 1.29 is 4.92 Å². The van der Waals surface area contributed by atoms with E-state index >= 15 is 0 Å². The van der Waals surface area contributed by atoms with Crippen molar-refractivity contribution in [2.45, 2.75) is 25.3 Å². The lowest BCUT2D eigenvalue weighted by Gasteiger charge is -2.28. The summed E-state index contributed by atoms with van der Waals surface area (Å²) in [5, 5.41) is 14.4. The van der Waals surface area contributed by atoms with Crippen LogP contribution in [0.5, 0.6) is 0 Å². The van der Waals surface area contributed by atoms with Gasteiger partial charge in [-0.1, -0.05) is 6.42 Å². The summed E-state index contributed by atoms with van der Waals surface area (Å²) >= 11 is 0.